The van der Waals surface area contributed by atoms with Gasteiger partial charge in [-0.3, -0.25) is 0 Å². The summed E-state index contributed by atoms with van der Waals surface area (Å²) in [6.07, 6.45) is 8.78. The van der Waals surface area contributed by atoms with Crippen LogP contribution in [0.2, 0.25) is 5.02 Å². The molecule has 1 aliphatic rings. The van der Waals surface area contributed by atoms with Gasteiger partial charge in [0.05, 0.1) is 5.56 Å². The Morgan fingerprint density at radius 1 is 1.14 bits per heavy atom. The zero-order valence-electron chi connectivity index (χ0n) is 12.1. The lowest BCUT2D eigenvalue weighted by atomic mass is 9.92. The minimum atomic E-state index is 0.437. The summed E-state index contributed by atoms with van der Waals surface area (Å²) in [4.78, 5) is 0. The van der Waals surface area contributed by atoms with Gasteiger partial charge in [-0.05, 0) is 12.0 Å². The third-order valence-corrected chi connectivity index (χ3v) is 4.71. The van der Waals surface area contributed by atoms with Gasteiger partial charge in [0.15, 0.2) is 5.82 Å². The van der Waals surface area contributed by atoms with Crippen molar-refractivity contribution in [1.82, 2.24) is 5.16 Å². The Morgan fingerprint density at radius 2 is 1.86 bits per heavy atom. The third kappa shape index (κ3) is 3.24. The van der Waals surface area contributed by atoms with Crippen LogP contribution in [0.15, 0.2) is 28.8 Å². The Kier molecular flexibility index (Phi) is 4.49. The normalized spacial score (nSPS) is 16.8. The fourth-order valence-corrected chi connectivity index (χ4v) is 3.49. The van der Waals surface area contributed by atoms with Crippen molar-refractivity contribution in [1.29, 1.82) is 0 Å². The molecule has 0 spiro atoms. The summed E-state index contributed by atoms with van der Waals surface area (Å²) in [6, 6.07) is 7.73. The molecule has 0 saturated heterocycles. The molecule has 0 radical (unpaired) electrons. The molecular weight excluding hydrogens is 284 g/mol. The van der Waals surface area contributed by atoms with Crippen LogP contribution in [-0.2, 0) is 6.42 Å². The molecule has 2 N–H and O–H groups in total. The molecule has 1 saturated carbocycles. The summed E-state index contributed by atoms with van der Waals surface area (Å²) in [5.74, 6) is 1.99. The van der Waals surface area contributed by atoms with E-state index in [2.05, 4.69) is 5.16 Å². The number of hydrogen-bond acceptors (Lipinski definition) is 3. The van der Waals surface area contributed by atoms with E-state index in [1.165, 1.54) is 38.5 Å². The lowest BCUT2D eigenvalue weighted by Crippen LogP contribution is -2.03. The quantitative estimate of drug-likeness (QED) is 0.803. The molecule has 0 bridgehead atoms. The second-order valence-electron chi connectivity index (χ2n) is 5.91. The first kappa shape index (κ1) is 14.5. The summed E-state index contributed by atoms with van der Waals surface area (Å²) in [7, 11) is 0. The molecule has 1 aliphatic carbocycles. The number of anilines is 1. The average Bonchev–Trinajstić information content (AvgIpc) is 2.69. The van der Waals surface area contributed by atoms with Gasteiger partial charge in [0.1, 0.15) is 5.76 Å². The Bertz CT molecular complexity index is 601. The first-order valence-electron chi connectivity index (χ1n) is 7.74. The van der Waals surface area contributed by atoms with Crippen molar-refractivity contribution in [2.45, 2.75) is 44.9 Å². The molecular formula is C17H21ClN2O. The van der Waals surface area contributed by atoms with Gasteiger partial charge in [0.2, 0.25) is 0 Å². The highest BCUT2D eigenvalue weighted by Crippen LogP contribution is 2.37. The van der Waals surface area contributed by atoms with Crippen molar-refractivity contribution in [3.05, 3.63) is 35.0 Å². The van der Waals surface area contributed by atoms with Crippen LogP contribution < -0.4 is 5.73 Å². The molecule has 4 heteroatoms. The summed E-state index contributed by atoms with van der Waals surface area (Å²) < 4.78 is 5.51. The van der Waals surface area contributed by atoms with Crippen LogP contribution in [-0.4, -0.2) is 5.16 Å². The Morgan fingerprint density at radius 3 is 2.57 bits per heavy atom. The molecule has 1 fully saturated rings. The summed E-state index contributed by atoms with van der Waals surface area (Å²) >= 11 is 6.30. The van der Waals surface area contributed by atoms with Gasteiger partial charge in [-0.25, -0.2) is 0 Å². The monoisotopic (exact) mass is 304 g/mol. The summed E-state index contributed by atoms with van der Waals surface area (Å²) in [5, 5.41) is 4.66. The minimum absolute atomic E-state index is 0.437. The molecule has 0 aliphatic heterocycles. The molecule has 3 nitrogen and oxygen atoms in total. The van der Waals surface area contributed by atoms with Gasteiger partial charge >= 0.3 is 0 Å². The predicted molar refractivity (Wildman–Crippen MR) is 86.3 cm³/mol. The van der Waals surface area contributed by atoms with Gasteiger partial charge in [-0.2, -0.15) is 0 Å². The fraction of sp³-hybridized carbons (Fsp3) is 0.471. The molecule has 0 amide bonds. The molecule has 1 heterocycles. The number of hydrogen-bond donors (Lipinski definition) is 1. The second-order valence-corrected chi connectivity index (χ2v) is 6.31. The van der Waals surface area contributed by atoms with Crippen molar-refractivity contribution < 1.29 is 4.52 Å². The van der Waals surface area contributed by atoms with E-state index in [4.69, 9.17) is 21.9 Å². The van der Waals surface area contributed by atoms with Crippen LogP contribution in [0.5, 0.6) is 0 Å². The minimum Gasteiger partial charge on any atom is -0.380 e. The average molecular weight is 305 g/mol. The topological polar surface area (TPSA) is 52.0 Å². The number of rotatable bonds is 3. The highest BCUT2D eigenvalue weighted by Gasteiger charge is 2.22. The van der Waals surface area contributed by atoms with Crippen molar-refractivity contribution in [2.24, 2.45) is 5.92 Å². The first-order chi connectivity index (χ1) is 10.3. The van der Waals surface area contributed by atoms with E-state index in [1.807, 2.05) is 24.3 Å². The van der Waals surface area contributed by atoms with Gasteiger partial charge in [0.25, 0.3) is 0 Å². The zero-order valence-corrected chi connectivity index (χ0v) is 12.9. The molecule has 2 aromatic rings. The third-order valence-electron chi connectivity index (χ3n) is 4.38. The van der Waals surface area contributed by atoms with E-state index >= 15 is 0 Å². The maximum absolute atomic E-state index is 6.30. The Balaban J connectivity index is 1.88. The van der Waals surface area contributed by atoms with Crippen molar-refractivity contribution >= 4 is 17.4 Å². The molecule has 112 valence electrons. The van der Waals surface area contributed by atoms with Gasteiger partial charge < -0.3 is 10.3 Å². The maximum atomic E-state index is 6.30. The molecule has 1 aromatic carbocycles. The summed E-state index contributed by atoms with van der Waals surface area (Å²) in [5.41, 5.74) is 7.81. The van der Waals surface area contributed by atoms with Crippen LogP contribution >= 0.6 is 11.6 Å². The lowest BCUT2D eigenvalue weighted by Gasteiger charge is -2.13. The lowest BCUT2D eigenvalue weighted by molar-refractivity contribution is 0.347. The maximum Gasteiger partial charge on any atom is 0.175 e. The van der Waals surface area contributed by atoms with Crippen molar-refractivity contribution in [3.63, 3.8) is 0 Å². The number of halogens is 1. The van der Waals surface area contributed by atoms with Gasteiger partial charge in [-0.1, -0.05) is 73.5 Å². The first-order valence-corrected chi connectivity index (χ1v) is 8.12. The molecule has 21 heavy (non-hydrogen) atoms. The van der Waals surface area contributed by atoms with Crippen LogP contribution in [0.25, 0.3) is 11.1 Å². The number of benzene rings is 1. The number of aromatic nitrogens is 1. The fourth-order valence-electron chi connectivity index (χ4n) is 3.26. The van der Waals surface area contributed by atoms with E-state index in [-0.39, 0.29) is 0 Å². The predicted octanol–water partition coefficient (Wildman–Crippen LogP) is 5.09. The van der Waals surface area contributed by atoms with E-state index in [1.54, 1.807) is 0 Å². The number of nitrogens with two attached hydrogens (primary N) is 1. The standard InChI is InChI=1S/C17H21ClN2O/c18-14-10-6-5-9-13(14)16-15(21-20-17(16)19)11-12-7-3-1-2-4-8-12/h5-6,9-10,12H,1-4,7-8,11H2,(H2,19,20). The van der Waals surface area contributed by atoms with Crippen LogP contribution in [0.4, 0.5) is 5.82 Å². The second kappa shape index (κ2) is 6.52. The Hall–Kier alpha value is -1.48. The highest BCUT2D eigenvalue weighted by molar-refractivity contribution is 6.33. The Labute approximate surface area is 130 Å². The summed E-state index contributed by atoms with van der Waals surface area (Å²) in [6.45, 7) is 0. The van der Waals surface area contributed by atoms with Crippen molar-refractivity contribution in [3.8, 4) is 11.1 Å². The van der Waals surface area contributed by atoms with Crippen molar-refractivity contribution in [2.75, 3.05) is 5.73 Å². The van der Waals surface area contributed by atoms with E-state index in [0.29, 0.717) is 16.8 Å². The van der Waals surface area contributed by atoms with Gasteiger partial charge in [0, 0.05) is 17.0 Å². The largest absolute Gasteiger partial charge is 0.380 e. The zero-order chi connectivity index (χ0) is 14.7. The van der Waals surface area contributed by atoms with E-state index < -0.39 is 0 Å². The SMILES string of the molecule is Nc1noc(CC2CCCCCC2)c1-c1ccccc1Cl. The number of nitrogen functional groups attached to an aromatic ring is 1. The van der Waals surface area contributed by atoms with Crippen LogP contribution in [0, 0.1) is 5.92 Å². The highest BCUT2D eigenvalue weighted by atomic mass is 35.5. The van der Waals surface area contributed by atoms with Crippen LogP contribution in [0.3, 0.4) is 0 Å². The van der Waals surface area contributed by atoms with Gasteiger partial charge in [-0.15, -0.1) is 0 Å². The molecule has 3 rings (SSSR count). The van der Waals surface area contributed by atoms with E-state index in [9.17, 15) is 0 Å². The van der Waals surface area contributed by atoms with E-state index in [0.717, 1.165) is 23.3 Å². The molecule has 0 unspecified atom stereocenters. The molecule has 0 atom stereocenters. The smallest absolute Gasteiger partial charge is 0.175 e. The van der Waals surface area contributed by atoms with Crippen LogP contribution in [0.1, 0.15) is 44.3 Å². The molecule has 1 aromatic heterocycles. The number of nitrogens with zero attached hydrogens (tertiary/aromatic N) is 1.